The number of methoxy groups -OCH3 is 3. The quantitative estimate of drug-likeness (QED) is 0.414. The van der Waals surface area contributed by atoms with E-state index in [0.717, 1.165) is 0 Å². The Morgan fingerprint density at radius 1 is 1.11 bits per heavy atom. The van der Waals surface area contributed by atoms with E-state index in [2.05, 4.69) is 4.90 Å². The number of nitrogens with zero attached hydrogens (tertiary/aromatic N) is 1. The van der Waals surface area contributed by atoms with Crippen LogP contribution in [0.2, 0.25) is 0 Å². The van der Waals surface area contributed by atoms with Gasteiger partial charge in [-0.2, -0.15) is 0 Å². The fourth-order valence-electron chi connectivity index (χ4n) is 4.88. The molecule has 0 aliphatic carbocycles. The number of rotatable bonds is 8. The first-order chi connectivity index (χ1) is 17.8. The van der Waals surface area contributed by atoms with E-state index in [0.29, 0.717) is 84.3 Å². The summed E-state index contributed by atoms with van der Waals surface area (Å²) in [5.41, 5.74) is 2.26. The monoisotopic (exact) mass is 511 g/mol. The van der Waals surface area contributed by atoms with Crippen molar-refractivity contribution in [2.45, 2.75) is 33.2 Å². The average molecular weight is 512 g/mol. The smallest absolute Gasteiger partial charge is 0.309 e. The predicted octanol–water partition coefficient (Wildman–Crippen LogP) is 4.12. The molecule has 0 atom stereocenters. The number of hydrogen-bond donors (Lipinski definition) is 1. The minimum Gasteiger partial charge on any atom is -0.507 e. The van der Waals surface area contributed by atoms with Crippen LogP contribution in [0.1, 0.15) is 46.8 Å². The van der Waals surface area contributed by atoms with Crippen LogP contribution in [-0.4, -0.2) is 62.8 Å². The van der Waals surface area contributed by atoms with Gasteiger partial charge in [0, 0.05) is 6.54 Å². The van der Waals surface area contributed by atoms with Gasteiger partial charge in [0.15, 0.2) is 17.3 Å². The number of likely N-dealkylation sites (tertiary alicyclic amines) is 1. The van der Waals surface area contributed by atoms with Gasteiger partial charge < -0.3 is 28.8 Å². The van der Waals surface area contributed by atoms with Gasteiger partial charge in [0.1, 0.15) is 11.5 Å². The highest BCUT2D eigenvalue weighted by atomic mass is 16.5. The molecule has 0 saturated carbocycles. The normalized spacial score (nSPS) is 16.9. The van der Waals surface area contributed by atoms with Crippen molar-refractivity contribution in [3.05, 3.63) is 46.2 Å². The van der Waals surface area contributed by atoms with E-state index in [1.54, 1.807) is 38.1 Å². The second-order valence-corrected chi connectivity index (χ2v) is 9.10. The molecule has 37 heavy (non-hydrogen) atoms. The number of allylic oxidation sites excluding steroid dienone is 1. The lowest BCUT2D eigenvalue weighted by Gasteiger charge is -2.31. The number of hydrogen-bond acceptors (Lipinski definition) is 9. The van der Waals surface area contributed by atoms with Gasteiger partial charge in [0.25, 0.3) is 0 Å². The maximum Gasteiger partial charge on any atom is 0.309 e. The van der Waals surface area contributed by atoms with Gasteiger partial charge in [0.2, 0.25) is 11.5 Å². The number of ketones is 1. The fraction of sp³-hybridized carbons (Fsp3) is 0.429. The highest BCUT2D eigenvalue weighted by Gasteiger charge is 2.35. The Labute approximate surface area is 216 Å². The molecule has 9 nitrogen and oxygen atoms in total. The Kier molecular flexibility index (Phi) is 7.92. The summed E-state index contributed by atoms with van der Waals surface area (Å²) in [5, 5.41) is 10.8. The molecule has 0 spiro atoms. The molecule has 0 unspecified atom stereocenters. The number of carbonyl (C=O) groups excluding carboxylic acids is 2. The minimum atomic E-state index is -0.261. The third-order valence-corrected chi connectivity index (χ3v) is 6.79. The average Bonchev–Trinajstić information content (AvgIpc) is 3.22. The first kappa shape index (κ1) is 26.3. The summed E-state index contributed by atoms with van der Waals surface area (Å²) < 4.78 is 27.5. The van der Waals surface area contributed by atoms with E-state index >= 15 is 0 Å². The number of fused-ring (bicyclic) bond motifs is 1. The topological polar surface area (TPSA) is 104 Å². The van der Waals surface area contributed by atoms with Crippen molar-refractivity contribution < 1.29 is 38.4 Å². The number of benzene rings is 2. The third-order valence-electron chi connectivity index (χ3n) is 6.79. The molecule has 0 bridgehead atoms. The molecule has 2 aliphatic rings. The zero-order valence-electron chi connectivity index (χ0n) is 21.9. The molecule has 1 saturated heterocycles. The van der Waals surface area contributed by atoms with Crippen LogP contribution in [0.5, 0.6) is 28.7 Å². The van der Waals surface area contributed by atoms with E-state index in [9.17, 15) is 14.7 Å². The van der Waals surface area contributed by atoms with Crippen molar-refractivity contribution in [3.8, 4) is 28.7 Å². The number of Topliss-reactive ketones (excluding diaryl/α,β-unsaturated/α-hetero) is 1. The molecule has 0 radical (unpaired) electrons. The lowest BCUT2D eigenvalue weighted by molar-refractivity contribution is -0.149. The SMILES string of the molecule is CCOC(=O)C1CCN(Cc2c(O)cc(C)c3c2O/C(=C/c2cc(OC)c(OC)c(OC)c2)C3=O)CC1. The Bertz CT molecular complexity index is 1200. The molecule has 1 fully saturated rings. The zero-order valence-corrected chi connectivity index (χ0v) is 21.9. The molecule has 9 heteroatoms. The number of aryl methyl sites for hydroxylation is 1. The zero-order chi connectivity index (χ0) is 26.7. The summed E-state index contributed by atoms with van der Waals surface area (Å²) in [5.74, 6) is 1.41. The number of piperidine rings is 1. The number of esters is 1. The van der Waals surface area contributed by atoms with Crippen molar-refractivity contribution in [3.63, 3.8) is 0 Å². The lowest BCUT2D eigenvalue weighted by atomic mass is 9.95. The molecule has 1 N–H and O–H groups in total. The number of aromatic hydroxyl groups is 1. The maximum absolute atomic E-state index is 13.4. The summed E-state index contributed by atoms with van der Waals surface area (Å²) >= 11 is 0. The highest BCUT2D eigenvalue weighted by Crippen LogP contribution is 2.44. The number of carbonyl (C=O) groups is 2. The van der Waals surface area contributed by atoms with Crippen LogP contribution in [0.4, 0.5) is 0 Å². The van der Waals surface area contributed by atoms with E-state index in [-0.39, 0.29) is 29.2 Å². The highest BCUT2D eigenvalue weighted by molar-refractivity contribution is 6.16. The van der Waals surface area contributed by atoms with Gasteiger partial charge in [-0.15, -0.1) is 0 Å². The second-order valence-electron chi connectivity index (χ2n) is 9.10. The van der Waals surface area contributed by atoms with Gasteiger partial charge >= 0.3 is 5.97 Å². The molecule has 198 valence electrons. The van der Waals surface area contributed by atoms with Crippen LogP contribution in [0.25, 0.3) is 6.08 Å². The fourth-order valence-corrected chi connectivity index (χ4v) is 4.88. The third kappa shape index (κ3) is 5.22. The van der Waals surface area contributed by atoms with E-state index in [4.69, 9.17) is 23.7 Å². The number of phenolic OH excluding ortho intramolecular Hbond substituents is 1. The van der Waals surface area contributed by atoms with E-state index in [1.807, 2.05) is 0 Å². The first-order valence-corrected chi connectivity index (χ1v) is 12.3. The van der Waals surface area contributed by atoms with Crippen LogP contribution in [0, 0.1) is 12.8 Å². The van der Waals surface area contributed by atoms with Crippen LogP contribution in [0.3, 0.4) is 0 Å². The summed E-state index contributed by atoms with van der Waals surface area (Å²) in [6.45, 7) is 5.70. The summed E-state index contributed by atoms with van der Waals surface area (Å²) in [4.78, 5) is 27.6. The molecule has 2 heterocycles. The minimum absolute atomic E-state index is 0.0746. The number of ether oxygens (including phenoxy) is 5. The maximum atomic E-state index is 13.4. The standard InChI is InChI=1S/C28H33NO8/c1-6-36-28(32)18-7-9-29(10-8-18)15-19-20(30)11-16(2)24-25(31)21(37-26(19)24)12-17-13-22(33-3)27(35-5)23(14-17)34-4/h11-14,18,30H,6-10,15H2,1-5H3/b21-12+. The first-order valence-electron chi connectivity index (χ1n) is 12.3. The van der Waals surface area contributed by atoms with Crippen molar-refractivity contribution in [2.75, 3.05) is 41.0 Å². The van der Waals surface area contributed by atoms with Gasteiger partial charge in [-0.3, -0.25) is 14.5 Å². The molecule has 2 aromatic rings. The van der Waals surface area contributed by atoms with Crippen LogP contribution in [0.15, 0.2) is 24.0 Å². The van der Waals surface area contributed by atoms with E-state index in [1.165, 1.54) is 21.3 Å². The van der Waals surface area contributed by atoms with Crippen LogP contribution >= 0.6 is 0 Å². The van der Waals surface area contributed by atoms with Crippen molar-refractivity contribution >= 4 is 17.8 Å². The summed E-state index contributed by atoms with van der Waals surface area (Å²) in [7, 11) is 4.57. The van der Waals surface area contributed by atoms with Gasteiger partial charge in [-0.05, 0) is 75.2 Å². The molecule has 0 amide bonds. The second kappa shape index (κ2) is 11.1. The Hall–Kier alpha value is -3.72. The van der Waals surface area contributed by atoms with Crippen LogP contribution < -0.4 is 18.9 Å². The van der Waals surface area contributed by atoms with Gasteiger partial charge in [-0.25, -0.2) is 0 Å². The number of phenols is 1. The van der Waals surface area contributed by atoms with Crippen molar-refractivity contribution in [1.29, 1.82) is 0 Å². The Morgan fingerprint density at radius 3 is 2.32 bits per heavy atom. The molecular formula is C28H33NO8. The summed E-state index contributed by atoms with van der Waals surface area (Å²) in [6.07, 6.45) is 2.98. The molecule has 2 aliphatic heterocycles. The Morgan fingerprint density at radius 2 is 1.76 bits per heavy atom. The van der Waals surface area contributed by atoms with Crippen molar-refractivity contribution in [1.82, 2.24) is 4.90 Å². The Balaban J connectivity index is 1.60. The molecule has 2 aromatic carbocycles. The lowest BCUT2D eigenvalue weighted by Crippen LogP contribution is -2.36. The largest absolute Gasteiger partial charge is 0.507 e. The van der Waals surface area contributed by atoms with Crippen LogP contribution in [-0.2, 0) is 16.1 Å². The van der Waals surface area contributed by atoms with Gasteiger partial charge in [-0.1, -0.05) is 0 Å². The molecule has 4 rings (SSSR count). The summed E-state index contributed by atoms with van der Waals surface area (Å²) in [6, 6.07) is 5.06. The van der Waals surface area contributed by atoms with Gasteiger partial charge in [0.05, 0.1) is 45.0 Å². The molecular weight excluding hydrogens is 478 g/mol. The van der Waals surface area contributed by atoms with Crippen molar-refractivity contribution in [2.24, 2.45) is 5.92 Å². The van der Waals surface area contributed by atoms with E-state index < -0.39 is 0 Å². The molecule has 0 aromatic heterocycles. The predicted molar refractivity (Wildman–Crippen MR) is 137 cm³/mol.